The third-order valence-electron chi connectivity index (χ3n) is 3.27. The predicted molar refractivity (Wildman–Crippen MR) is 102 cm³/mol. The van der Waals surface area contributed by atoms with Gasteiger partial charge in [0.15, 0.2) is 16.1 Å². The molecule has 0 spiro atoms. The first-order valence-electron chi connectivity index (χ1n) is 7.69. The van der Waals surface area contributed by atoms with Gasteiger partial charge in [-0.05, 0) is 30.0 Å². The van der Waals surface area contributed by atoms with Crippen LogP contribution in [0.4, 0.5) is 5.69 Å². The second kappa shape index (κ2) is 8.46. The van der Waals surface area contributed by atoms with Crippen molar-refractivity contribution >= 4 is 46.3 Å². The summed E-state index contributed by atoms with van der Waals surface area (Å²) in [5.41, 5.74) is 0.504. The number of halogens is 1. The molecule has 0 bridgehead atoms. The zero-order valence-electron chi connectivity index (χ0n) is 13.5. The molecule has 0 radical (unpaired) electrons. The first-order chi connectivity index (χ1) is 12.2. The van der Waals surface area contributed by atoms with E-state index in [4.69, 9.17) is 11.6 Å². The monoisotopic (exact) mass is 393 g/mol. The van der Waals surface area contributed by atoms with E-state index in [-0.39, 0.29) is 16.8 Å². The lowest BCUT2D eigenvalue weighted by Crippen LogP contribution is -2.15. The van der Waals surface area contributed by atoms with Crippen molar-refractivity contribution in [3.63, 3.8) is 0 Å². The van der Waals surface area contributed by atoms with Crippen LogP contribution in [0.3, 0.4) is 0 Å². The number of carbonyl (C=O) groups is 1. The Balaban J connectivity index is 1.68. The van der Waals surface area contributed by atoms with Gasteiger partial charge in [-0.15, -0.1) is 21.5 Å². The van der Waals surface area contributed by atoms with Crippen molar-refractivity contribution in [3.05, 3.63) is 41.0 Å². The smallest absolute Gasteiger partial charge is 0.234 e. The Bertz CT molecular complexity index is 850. The van der Waals surface area contributed by atoms with Crippen molar-refractivity contribution in [1.29, 1.82) is 0 Å². The fourth-order valence-electron chi connectivity index (χ4n) is 2.20. The summed E-state index contributed by atoms with van der Waals surface area (Å²) in [4.78, 5) is 17.2. The van der Waals surface area contributed by atoms with Crippen molar-refractivity contribution in [2.45, 2.75) is 25.0 Å². The predicted octanol–water partition coefficient (Wildman–Crippen LogP) is 4.20. The Kier molecular flexibility index (Phi) is 6.06. The third kappa shape index (κ3) is 4.39. The van der Waals surface area contributed by atoms with Crippen LogP contribution in [-0.2, 0) is 11.3 Å². The van der Waals surface area contributed by atoms with E-state index in [0.29, 0.717) is 5.69 Å². The second-order valence-corrected chi connectivity index (χ2v) is 7.36. The average molecular weight is 394 g/mol. The van der Waals surface area contributed by atoms with Gasteiger partial charge in [0, 0.05) is 12.7 Å². The van der Waals surface area contributed by atoms with Crippen LogP contribution in [0.15, 0.2) is 41.0 Å². The SMILES string of the molecule is CCCn1c(SCC(=O)Nc2cccnc2Cl)nnc1-c1cccs1. The van der Waals surface area contributed by atoms with E-state index < -0.39 is 0 Å². The van der Waals surface area contributed by atoms with Gasteiger partial charge in [-0.1, -0.05) is 36.4 Å². The molecule has 0 aliphatic carbocycles. The number of thiophene rings is 1. The molecule has 0 saturated carbocycles. The summed E-state index contributed by atoms with van der Waals surface area (Å²) in [7, 11) is 0. The molecule has 130 valence electrons. The Morgan fingerprint density at radius 3 is 2.96 bits per heavy atom. The van der Waals surface area contributed by atoms with Gasteiger partial charge < -0.3 is 9.88 Å². The molecule has 0 aliphatic rings. The molecule has 1 amide bonds. The molecule has 0 unspecified atom stereocenters. The number of pyridine rings is 1. The van der Waals surface area contributed by atoms with E-state index in [2.05, 4.69) is 32.0 Å². The number of thioether (sulfide) groups is 1. The van der Waals surface area contributed by atoms with Crippen molar-refractivity contribution in [3.8, 4) is 10.7 Å². The van der Waals surface area contributed by atoms with Crippen molar-refractivity contribution in [2.24, 2.45) is 0 Å². The van der Waals surface area contributed by atoms with Gasteiger partial charge in [-0.3, -0.25) is 4.79 Å². The number of amides is 1. The minimum atomic E-state index is -0.163. The molecule has 6 nitrogen and oxygen atoms in total. The van der Waals surface area contributed by atoms with Crippen LogP contribution in [0.2, 0.25) is 5.15 Å². The largest absolute Gasteiger partial charge is 0.323 e. The summed E-state index contributed by atoms with van der Waals surface area (Å²) < 4.78 is 2.06. The fraction of sp³-hybridized carbons (Fsp3) is 0.250. The molecule has 3 heterocycles. The van der Waals surface area contributed by atoms with Crippen LogP contribution in [-0.4, -0.2) is 31.4 Å². The summed E-state index contributed by atoms with van der Waals surface area (Å²) >= 11 is 8.93. The molecule has 0 saturated heterocycles. The molecule has 1 N–H and O–H groups in total. The highest BCUT2D eigenvalue weighted by molar-refractivity contribution is 7.99. The molecular weight excluding hydrogens is 378 g/mol. The van der Waals surface area contributed by atoms with Crippen molar-refractivity contribution in [1.82, 2.24) is 19.7 Å². The van der Waals surface area contributed by atoms with Gasteiger partial charge >= 0.3 is 0 Å². The molecule has 0 atom stereocenters. The van der Waals surface area contributed by atoms with Gasteiger partial charge in [-0.2, -0.15) is 0 Å². The number of aromatic nitrogens is 4. The first kappa shape index (κ1) is 17.9. The van der Waals surface area contributed by atoms with Crippen LogP contribution in [0, 0.1) is 0 Å². The third-order valence-corrected chi connectivity index (χ3v) is 5.40. The second-order valence-electron chi connectivity index (χ2n) is 5.11. The topological polar surface area (TPSA) is 72.7 Å². The number of carbonyl (C=O) groups excluding carboxylic acids is 1. The summed E-state index contributed by atoms with van der Waals surface area (Å²) in [6, 6.07) is 7.45. The normalized spacial score (nSPS) is 10.8. The van der Waals surface area contributed by atoms with Gasteiger partial charge in [0.05, 0.1) is 16.3 Å². The molecule has 3 aromatic heterocycles. The molecule has 0 aliphatic heterocycles. The molecule has 0 aromatic carbocycles. The zero-order valence-corrected chi connectivity index (χ0v) is 15.9. The van der Waals surface area contributed by atoms with Crippen molar-refractivity contribution in [2.75, 3.05) is 11.1 Å². The van der Waals surface area contributed by atoms with E-state index in [1.807, 2.05) is 17.5 Å². The number of anilines is 1. The highest BCUT2D eigenvalue weighted by Crippen LogP contribution is 2.27. The standard InChI is InChI=1S/C16H16ClN5OS2/c1-2-8-22-15(12-6-4-9-24-12)20-21-16(22)25-10-13(23)19-11-5-3-7-18-14(11)17/h3-7,9H,2,8,10H2,1H3,(H,19,23). The average Bonchev–Trinajstić information content (AvgIpc) is 3.25. The maximum atomic E-state index is 12.2. The summed E-state index contributed by atoms with van der Waals surface area (Å²) in [6.45, 7) is 2.91. The maximum absolute atomic E-state index is 12.2. The van der Waals surface area contributed by atoms with Crippen LogP contribution < -0.4 is 5.32 Å². The lowest BCUT2D eigenvalue weighted by molar-refractivity contribution is -0.113. The molecule has 3 aromatic rings. The van der Waals surface area contributed by atoms with Crippen LogP contribution in [0.25, 0.3) is 10.7 Å². The number of hydrogen-bond donors (Lipinski definition) is 1. The van der Waals surface area contributed by atoms with Crippen molar-refractivity contribution < 1.29 is 4.79 Å². The summed E-state index contributed by atoms with van der Waals surface area (Å²) in [6.07, 6.45) is 2.54. The van der Waals surface area contributed by atoms with E-state index in [1.165, 1.54) is 11.8 Å². The Morgan fingerprint density at radius 2 is 2.24 bits per heavy atom. The lowest BCUT2D eigenvalue weighted by atomic mass is 10.4. The van der Waals surface area contributed by atoms with E-state index in [9.17, 15) is 4.79 Å². The summed E-state index contributed by atoms with van der Waals surface area (Å²) in [5.74, 6) is 0.899. The fourth-order valence-corrected chi connectivity index (χ4v) is 3.85. The van der Waals surface area contributed by atoms with Gasteiger partial charge in [0.2, 0.25) is 5.91 Å². The molecule has 0 fully saturated rings. The zero-order chi connectivity index (χ0) is 17.6. The van der Waals surface area contributed by atoms with E-state index in [1.54, 1.807) is 29.7 Å². The van der Waals surface area contributed by atoms with E-state index >= 15 is 0 Å². The Hall–Kier alpha value is -1.90. The maximum Gasteiger partial charge on any atom is 0.234 e. The molecule has 25 heavy (non-hydrogen) atoms. The minimum absolute atomic E-state index is 0.163. The van der Waals surface area contributed by atoms with Gasteiger partial charge in [0.1, 0.15) is 0 Å². The van der Waals surface area contributed by atoms with Gasteiger partial charge in [-0.25, -0.2) is 4.98 Å². The highest BCUT2D eigenvalue weighted by Gasteiger charge is 2.16. The Morgan fingerprint density at radius 1 is 1.36 bits per heavy atom. The van der Waals surface area contributed by atoms with E-state index in [0.717, 1.165) is 28.8 Å². The van der Waals surface area contributed by atoms with Crippen LogP contribution >= 0.6 is 34.7 Å². The summed E-state index contributed by atoms with van der Waals surface area (Å²) in [5, 5.41) is 14.3. The highest BCUT2D eigenvalue weighted by atomic mass is 35.5. The number of rotatable bonds is 7. The minimum Gasteiger partial charge on any atom is -0.323 e. The molecule has 3 rings (SSSR count). The number of hydrogen-bond acceptors (Lipinski definition) is 6. The number of nitrogens with zero attached hydrogens (tertiary/aromatic N) is 4. The lowest BCUT2D eigenvalue weighted by Gasteiger charge is -2.08. The first-order valence-corrected chi connectivity index (χ1v) is 9.93. The van der Waals surface area contributed by atoms with Crippen LogP contribution in [0.1, 0.15) is 13.3 Å². The quantitative estimate of drug-likeness (QED) is 0.481. The molecular formula is C16H16ClN5OS2. The molecule has 9 heteroatoms. The van der Waals surface area contributed by atoms with Crippen LogP contribution in [0.5, 0.6) is 0 Å². The van der Waals surface area contributed by atoms with Gasteiger partial charge in [0.25, 0.3) is 0 Å². The number of nitrogens with one attached hydrogen (secondary N) is 1. The Labute approximate surface area is 158 Å².